The number of rotatable bonds is 4. The van der Waals surface area contributed by atoms with Crippen molar-refractivity contribution < 1.29 is 26.3 Å². The summed E-state index contributed by atoms with van der Waals surface area (Å²) in [5.41, 5.74) is 5.32. The molecule has 0 atom stereocenters. The minimum absolute atomic E-state index is 0.116. The van der Waals surface area contributed by atoms with Crippen molar-refractivity contribution >= 4 is 27.1 Å². The SMILES string of the molecule is Nc1cccc(Cl)c1S(=O)(=O)CCOC(F)(F)F. The van der Waals surface area contributed by atoms with Gasteiger partial charge in [-0.05, 0) is 12.1 Å². The third-order valence-electron chi connectivity index (χ3n) is 1.93. The molecule has 0 aliphatic heterocycles. The minimum Gasteiger partial charge on any atom is -0.398 e. The molecule has 0 amide bonds. The standard InChI is InChI=1S/C9H9ClF3NO3S/c10-6-2-1-3-7(14)8(6)18(15,16)5-4-17-9(11,12)13/h1-3H,4-5,14H2. The van der Waals surface area contributed by atoms with Crippen LogP contribution in [0.3, 0.4) is 0 Å². The highest BCUT2D eigenvalue weighted by molar-refractivity contribution is 7.91. The number of ether oxygens (including phenoxy) is 1. The number of hydrogen-bond acceptors (Lipinski definition) is 4. The fourth-order valence-electron chi connectivity index (χ4n) is 1.22. The Balaban J connectivity index is 2.88. The van der Waals surface area contributed by atoms with Crippen LogP contribution in [-0.4, -0.2) is 27.1 Å². The smallest absolute Gasteiger partial charge is 0.398 e. The maximum atomic E-state index is 11.7. The Morgan fingerprint density at radius 1 is 1.33 bits per heavy atom. The molecule has 0 spiro atoms. The summed E-state index contributed by atoms with van der Waals surface area (Å²) >= 11 is 5.66. The van der Waals surface area contributed by atoms with Gasteiger partial charge >= 0.3 is 6.36 Å². The third-order valence-corrected chi connectivity index (χ3v) is 4.14. The van der Waals surface area contributed by atoms with Crippen LogP contribution in [0.5, 0.6) is 0 Å². The van der Waals surface area contributed by atoms with E-state index < -0.39 is 28.6 Å². The zero-order valence-corrected chi connectivity index (χ0v) is 10.4. The van der Waals surface area contributed by atoms with Gasteiger partial charge in [-0.3, -0.25) is 4.74 Å². The van der Waals surface area contributed by atoms with Crippen molar-refractivity contribution in [2.45, 2.75) is 11.3 Å². The van der Waals surface area contributed by atoms with Crippen LogP contribution in [0, 0.1) is 0 Å². The van der Waals surface area contributed by atoms with Crippen LogP contribution in [0.25, 0.3) is 0 Å². The van der Waals surface area contributed by atoms with Gasteiger partial charge in [-0.1, -0.05) is 17.7 Å². The second-order valence-electron chi connectivity index (χ2n) is 3.27. The molecule has 1 aromatic carbocycles. The van der Waals surface area contributed by atoms with Gasteiger partial charge in [0.1, 0.15) is 4.90 Å². The van der Waals surface area contributed by atoms with Gasteiger partial charge in [0.2, 0.25) is 0 Å². The van der Waals surface area contributed by atoms with Crippen LogP contribution < -0.4 is 5.73 Å². The molecule has 18 heavy (non-hydrogen) atoms. The summed E-state index contributed by atoms with van der Waals surface area (Å²) in [6.45, 7) is -1.02. The molecule has 0 radical (unpaired) electrons. The fourth-order valence-corrected chi connectivity index (χ4v) is 3.06. The van der Waals surface area contributed by atoms with Gasteiger partial charge < -0.3 is 5.73 Å². The number of anilines is 1. The number of hydrogen-bond donors (Lipinski definition) is 1. The number of benzene rings is 1. The minimum atomic E-state index is -4.87. The van der Waals surface area contributed by atoms with E-state index in [1.165, 1.54) is 18.2 Å². The molecule has 0 unspecified atom stereocenters. The topological polar surface area (TPSA) is 69.4 Å². The predicted octanol–water partition coefficient (Wildman–Crippen LogP) is 2.23. The lowest BCUT2D eigenvalue weighted by atomic mass is 10.3. The van der Waals surface area contributed by atoms with E-state index in [-0.39, 0.29) is 15.6 Å². The lowest BCUT2D eigenvalue weighted by molar-refractivity contribution is -0.322. The molecular weight excluding hydrogens is 295 g/mol. The van der Waals surface area contributed by atoms with Crippen molar-refractivity contribution in [3.63, 3.8) is 0 Å². The van der Waals surface area contributed by atoms with E-state index in [0.717, 1.165) is 0 Å². The van der Waals surface area contributed by atoms with Gasteiger partial charge in [-0.15, -0.1) is 13.2 Å². The highest BCUT2D eigenvalue weighted by Gasteiger charge is 2.30. The number of halogens is 4. The number of sulfone groups is 1. The normalized spacial score (nSPS) is 12.7. The molecule has 0 aliphatic carbocycles. The predicted molar refractivity (Wildman–Crippen MR) is 59.9 cm³/mol. The molecule has 9 heteroatoms. The maximum absolute atomic E-state index is 11.7. The summed E-state index contributed by atoms with van der Waals surface area (Å²) < 4.78 is 62.1. The molecular formula is C9H9ClF3NO3S. The van der Waals surface area contributed by atoms with E-state index in [4.69, 9.17) is 17.3 Å². The maximum Gasteiger partial charge on any atom is 0.522 e. The van der Waals surface area contributed by atoms with E-state index in [2.05, 4.69) is 4.74 Å². The molecule has 1 rings (SSSR count). The van der Waals surface area contributed by atoms with E-state index in [1.54, 1.807) is 0 Å². The van der Waals surface area contributed by atoms with Crippen LogP contribution in [-0.2, 0) is 14.6 Å². The van der Waals surface area contributed by atoms with Crippen molar-refractivity contribution in [1.29, 1.82) is 0 Å². The van der Waals surface area contributed by atoms with Crippen molar-refractivity contribution in [1.82, 2.24) is 0 Å². The largest absolute Gasteiger partial charge is 0.522 e. The number of alkyl halides is 3. The van der Waals surface area contributed by atoms with E-state index in [0.29, 0.717) is 0 Å². The first-order valence-electron chi connectivity index (χ1n) is 4.61. The first kappa shape index (κ1) is 15.1. The molecule has 0 saturated heterocycles. The van der Waals surface area contributed by atoms with E-state index in [9.17, 15) is 21.6 Å². The third kappa shape index (κ3) is 4.04. The molecule has 0 saturated carbocycles. The van der Waals surface area contributed by atoms with Crippen molar-refractivity contribution in [3.05, 3.63) is 23.2 Å². The Kier molecular flexibility index (Phi) is 4.46. The average molecular weight is 304 g/mol. The van der Waals surface area contributed by atoms with Crippen molar-refractivity contribution in [3.8, 4) is 0 Å². The van der Waals surface area contributed by atoms with Gasteiger partial charge in [-0.25, -0.2) is 8.42 Å². The summed E-state index contributed by atoms with van der Waals surface area (Å²) in [6, 6.07) is 4.02. The molecule has 0 aliphatic rings. The van der Waals surface area contributed by atoms with Gasteiger partial charge in [0.25, 0.3) is 0 Å². The Labute approximate surface area is 106 Å². The zero-order chi connectivity index (χ0) is 14.0. The van der Waals surface area contributed by atoms with Crippen LogP contribution >= 0.6 is 11.6 Å². The highest BCUT2D eigenvalue weighted by atomic mass is 35.5. The highest BCUT2D eigenvalue weighted by Crippen LogP contribution is 2.28. The fraction of sp³-hybridized carbons (Fsp3) is 0.333. The molecule has 0 aromatic heterocycles. The quantitative estimate of drug-likeness (QED) is 0.866. The molecule has 0 heterocycles. The Bertz CT molecular complexity index is 510. The second-order valence-corrected chi connectivity index (χ2v) is 5.72. The number of nitrogen functional groups attached to an aromatic ring is 1. The lowest BCUT2D eigenvalue weighted by Crippen LogP contribution is -2.20. The molecule has 2 N–H and O–H groups in total. The molecule has 4 nitrogen and oxygen atoms in total. The van der Waals surface area contributed by atoms with Gasteiger partial charge in [0, 0.05) is 0 Å². The first-order valence-corrected chi connectivity index (χ1v) is 6.64. The Morgan fingerprint density at radius 2 is 1.94 bits per heavy atom. The van der Waals surface area contributed by atoms with Crippen LogP contribution in [0.2, 0.25) is 5.02 Å². The molecule has 102 valence electrons. The summed E-state index contributed by atoms with van der Waals surface area (Å²) in [5.74, 6) is -0.861. The second kappa shape index (κ2) is 5.33. The van der Waals surface area contributed by atoms with Crippen molar-refractivity contribution in [2.24, 2.45) is 0 Å². The molecule has 1 aromatic rings. The van der Waals surface area contributed by atoms with Gasteiger partial charge in [-0.2, -0.15) is 0 Å². The molecule has 0 bridgehead atoms. The number of nitrogens with two attached hydrogens (primary N) is 1. The summed E-state index contributed by atoms with van der Waals surface area (Å²) in [6.07, 6.45) is -4.87. The summed E-state index contributed by atoms with van der Waals surface area (Å²) in [7, 11) is -4.03. The van der Waals surface area contributed by atoms with E-state index >= 15 is 0 Å². The van der Waals surface area contributed by atoms with Gasteiger partial charge in [0.15, 0.2) is 9.84 Å². The summed E-state index contributed by atoms with van der Waals surface area (Å²) in [4.78, 5) is -0.377. The Morgan fingerprint density at radius 3 is 2.44 bits per heavy atom. The molecule has 0 fully saturated rings. The van der Waals surface area contributed by atoms with Crippen LogP contribution in [0.1, 0.15) is 0 Å². The van der Waals surface area contributed by atoms with Crippen LogP contribution in [0.15, 0.2) is 23.1 Å². The van der Waals surface area contributed by atoms with Crippen LogP contribution in [0.4, 0.5) is 18.9 Å². The first-order chi connectivity index (χ1) is 8.13. The van der Waals surface area contributed by atoms with E-state index in [1.807, 2.05) is 0 Å². The Hall–Kier alpha value is -0.990. The van der Waals surface area contributed by atoms with Crippen molar-refractivity contribution in [2.75, 3.05) is 18.1 Å². The summed E-state index contributed by atoms with van der Waals surface area (Å²) in [5, 5.41) is -0.137. The zero-order valence-electron chi connectivity index (χ0n) is 8.87. The monoisotopic (exact) mass is 303 g/mol. The lowest BCUT2D eigenvalue weighted by Gasteiger charge is -2.10. The van der Waals surface area contributed by atoms with Gasteiger partial charge in [0.05, 0.1) is 23.1 Å². The average Bonchev–Trinajstić information content (AvgIpc) is 2.13.